The topological polar surface area (TPSA) is 174 Å². The van der Waals surface area contributed by atoms with Gasteiger partial charge in [-0.15, -0.1) is 4.28 Å². The van der Waals surface area contributed by atoms with E-state index in [9.17, 15) is 27.6 Å². The van der Waals surface area contributed by atoms with Crippen molar-refractivity contribution < 1.29 is 36.4 Å². The molecule has 0 aromatic rings. The maximum absolute atomic E-state index is 12.3. The Morgan fingerprint density at radius 3 is 2.46 bits per heavy atom. The van der Waals surface area contributed by atoms with E-state index in [-0.39, 0.29) is 31.7 Å². The molecule has 2 bridgehead atoms. The van der Waals surface area contributed by atoms with Crippen LogP contribution >= 0.6 is 0 Å². The number of nitrogens with one attached hydrogen (secondary N) is 3. The molecule has 0 aliphatic carbocycles. The fourth-order valence-corrected chi connectivity index (χ4v) is 3.60. The standard InChI is InChI=1S/C12H17N5O8S/c18-9-4-2-7(13-9)10(19)14-15-11(20)8-3-1-6-5-16(8)12(21)17(6)25-26(22,23)24/h6-8H,1-5H2,(H,13,18)(H,14,19)(H,15,20)(H,22,23,24)/t6-,7-,8+/m1/s1. The second-order valence-electron chi connectivity index (χ2n) is 6.15. The Hall–Kier alpha value is -2.45. The van der Waals surface area contributed by atoms with Crippen molar-refractivity contribution in [3.63, 3.8) is 0 Å². The van der Waals surface area contributed by atoms with Crippen LogP contribution in [0.4, 0.5) is 4.79 Å². The van der Waals surface area contributed by atoms with Crippen molar-refractivity contribution in [3.8, 4) is 0 Å². The van der Waals surface area contributed by atoms with Crippen LogP contribution in [-0.2, 0) is 29.1 Å². The Morgan fingerprint density at radius 1 is 1.15 bits per heavy atom. The summed E-state index contributed by atoms with van der Waals surface area (Å²) < 4.78 is 34.7. The van der Waals surface area contributed by atoms with E-state index in [1.165, 1.54) is 0 Å². The van der Waals surface area contributed by atoms with Crippen LogP contribution in [0, 0.1) is 0 Å². The van der Waals surface area contributed by atoms with Gasteiger partial charge in [0.2, 0.25) is 5.91 Å². The molecule has 3 rings (SSSR count). The van der Waals surface area contributed by atoms with Gasteiger partial charge in [-0.2, -0.15) is 13.5 Å². The molecule has 3 heterocycles. The smallest absolute Gasteiger partial charge is 0.344 e. The number of carbonyl (C=O) groups is 4. The molecule has 26 heavy (non-hydrogen) atoms. The summed E-state index contributed by atoms with van der Waals surface area (Å²) in [6, 6.07) is -3.16. The van der Waals surface area contributed by atoms with E-state index in [0.717, 1.165) is 4.90 Å². The van der Waals surface area contributed by atoms with Crippen molar-refractivity contribution in [1.82, 2.24) is 26.1 Å². The second-order valence-corrected chi connectivity index (χ2v) is 7.15. The average molecular weight is 391 g/mol. The third-order valence-electron chi connectivity index (χ3n) is 4.42. The monoisotopic (exact) mass is 391 g/mol. The van der Waals surface area contributed by atoms with Crippen LogP contribution in [0.15, 0.2) is 0 Å². The number of fused-ring (bicyclic) bond motifs is 2. The van der Waals surface area contributed by atoms with Crippen molar-refractivity contribution in [1.29, 1.82) is 0 Å². The molecule has 3 saturated heterocycles. The molecule has 3 atom stereocenters. The highest BCUT2D eigenvalue weighted by atomic mass is 32.3. The highest BCUT2D eigenvalue weighted by Crippen LogP contribution is 2.30. The number of hydroxylamine groups is 2. The molecule has 0 radical (unpaired) electrons. The average Bonchev–Trinajstić information content (AvgIpc) is 3.09. The number of piperidine rings is 1. The van der Waals surface area contributed by atoms with E-state index < -0.39 is 46.4 Å². The predicted octanol–water partition coefficient (Wildman–Crippen LogP) is -2.58. The summed E-state index contributed by atoms with van der Waals surface area (Å²) in [4.78, 5) is 48.5. The maximum atomic E-state index is 12.3. The SMILES string of the molecule is O=C1CC[C@H](C(=O)NNC(=O)[C@@H]2CC[C@@H]3CN2C(=O)N3OS(=O)(=O)O)N1. The van der Waals surface area contributed by atoms with Crippen LogP contribution < -0.4 is 16.2 Å². The Labute approximate surface area is 147 Å². The minimum atomic E-state index is -4.87. The van der Waals surface area contributed by atoms with Crippen LogP contribution in [-0.4, -0.2) is 71.4 Å². The largest absolute Gasteiger partial charge is 0.418 e. The lowest BCUT2D eigenvalue weighted by atomic mass is 10.0. The number of amides is 5. The quantitative estimate of drug-likeness (QED) is 0.298. The normalized spacial score (nSPS) is 28.1. The minimum Gasteiger partial charge on any atom is -0.344 e. The lowest BCUT2D eigenvalue weighted by Crippen LogP contribution is -2.56. The number of hydrogen-bond acceptors (Lipinski definition) is 7. The Kier molecular flexibility index (Phi) is 4.72. The van der Waals surface area contributed by atoms with Gasteiger partial charge in [0.25, 0.3) is 11.8 Å². The summed E-state index contributed by atoms with van der Waals surface area (Å²) in [6.45, 7) is 0.0407. The Morgan fingerprint density at radius 2 is 1.85 bits per heavy atom. The van der Waals surface area contributed by atoms with Gasteiger partial charge >= 0.3 is 16.4 Å². The van der Waals surface area contributed by atoms with Gasteiger partial charge < -0.3 is 10.2 Å². The van der Waals surface area contributed by atoms with E-state index in [1.54, 1.807) is 0 Å². The van der Waals surface area contributed by atoms with Gasteiger partial charge in [-0.3, -0.25) is 29.8 Å². The summed E-state index contributed by atoms with van der Waals surface area (Å²) in [5.74, 6) is -1.50. The lowest BCUT2D eigenvalue weighted by Gasteiger charge is -2.29. The fourth-order valence-electron chi connectivity index (χ4n) is 3.21. The van der Waals surface area contributed by atoms with Crippen molar-refractivity contribution in [2.24, 2.45) is 0 Å². The van der Waals surface area contributed by atoms with Gasteiger partial charge in [0, 0.05) is 13.0 Å². The minimum absolute atomic E-state index is 0.0407. The van der Waals surface area contributed by atoms with E-state index in [2.05, 4.69) is 20.5 Å². The van der Waals surface area contributed by atoms with Gasteiger partial charge in [0.05, 0.1) is 6.04 Å². The van der Waals surface area contributed by atoms with Gasteiger partial charge in [0.1, 0.15) is 12.1 Å². The van der Waals surface area contributed by atoms with Crippen molar-refractivity contribution in [2.75, 3.05) is 6.54 Å². The summed E-state index contributed by atoms with van der Waals surface area (Å²) in [5.41, 5.74) is 4.39. The van der Waals surface area contributed by atoms with Gasteiger partial charge in [-0.05, 0) is 19.3 Å². The number of carbonyl (C=O) groups excluding carboxylic acids is 4. The predicted molar refractivity (Wildman–Crippen MR) is 80.8 cm³/mol. The molecule has 3 aliphatic heterocycles. The third-order valence-corrected chi connectivity index (χ3v) is 4.77. The van der Waals surface area contributed by atoms with Crippen LogP contribution in [0.2, 0.25) is 0 Å². The first-order valence-corrected chi connectivity index (χ1v) is 9.18. The van der Waals surface area contributed by atoms with Crippen LogP contribution in [0.3, 0.4) is 0 Å². The zero-order valence-corrected chi connectivity index (χ0v) is 14.2. The van der Waals surface area contributed by atoms with Crippen LogP contribution in [0.1, 0.15) is 25.7 Å². The van der Waals surface area contributed by atoms with Gasteiger partial charge in [0.15, 0.2) is 0 Å². The second kappa shape index (κ2) is 6.69. The first kappa shape index (κ1) is 18.3. The number of rotatable bonds is 4. The van der Waals surface area contributed by atoms with Gasteiger partial charge in [-0.1, -0.05) is 0 Å². The molecule has 0 spiro atoms. The molecule has 4 N–H and O–H groups in total. The van der Waals surface area contributed by atoms with Crippen LogP contribution in [0.5, 0.6) is 0 Å². The van der Waals surface area contributed by atoms with Crippen molar-refractivity contribution >= 4 is 34.2 Å². The number of hydrazine groups is 1. The Balaban J connectivity index is 1.57. The van der Waals surface area contributed by atoms with E-state index in [1.807, 2.05) is 0 Å². The molecule has 3 fully saturated rings. The first-order chi connectivity index (χ1) is 12.2. The van der Waals surface area contributed by atoms with Crippen LogP contribution in [0.25, 0.3) is 0 Å². The molecule has 3 aliphatic rings. The molecule has 144 valence electrons. The number of hydrogen-bond donors (Lipinski definition) is 4. The highest BCUT2D eigenvalue weighted by Gasteiger charge is 2.49. The molecular formula is C12H17N5O8S. The molecule has 0 unspecified atom stereocenters. The third kappa shape index (κ3) is 3.71. The zero-order chi connectivity index (χ0) is 19.1. The van der Waals surface area contributed by atoms with E-state index in [4.69, 9.17) is 4.55 Å². The van der Waals surface area contributed by atoms with E-state index in [0.29, 0.717) is 11.5 Å². The highest BCUT2D eigenvalue weighted by molar-refractivity contribution is 7.80. The maximum Gasteiger partial charge on any atom is 0.418 e. The molecule has 0 aromatic heterocycles. The van der Waals surface area contributed by atoms with Crippen molar-refractivity contribution in [2.45, 2.75) is 43.8 Å². The molecule has 13 nitrogen and oxygen atoms in total. The first-order valence-electron chi connectivity index (χ1n) is 7.81. The number of urea groups is 1. The molecule has 0 aromatic carbocycles. The Bertz CT molecular complexity index is 755. The summed E-state index contributed by atoms with van der Waals surface area (Å²) in [7, 11) is -4.87. The summed E-state index contributed by atoms with van der Waals surface area (Å²) in [6.07, 6.45) is 1.02. The zero-order valence-electron chi connectivity index (χ0n) is 13.4. The van der Waals surface area contributed by atoms with E-state index >= 15 is 0 Å². The molecular weight excluding hydrogens is 374 g/mol. The molecule has 5 amide bonds. The summed E-state index contributed by atoms with van der Waals surface area (Å²) >= 11 is 0. The van der Waals surface area contributed by atoms with Gasteiger partial charge in [-0.25, -0.2) is 4.79 Å². The van der Waals surface area contributed by atoms with Crippen molar-refractivity contribution in [3.05, 3.63) is 0 Å². The molecule has 0 saturated carbocycles. The summed E-state index contributed by atoms with van der Waals surface area (Å²) in [5, 5.41) is 2.97. The molecule has 14 heteroatoms. The lowest BCUT2D eigenvalue weighted by molar-refractivity contribution is -0.133. The fraction of sp³-hybridized carbons (Fsp3) is 0.667. The number of nitrogens with zero attached hydrogens (tertiary/aromatic N) is 2.